The number of para-hydroxylation sites is 1. The fraction of sp³-hybridized carbons (Fsp3) is 0.261. The number of hydrogen-bond donors (Lipinski definition) is 2. The average Bonchev–Trinajstić information content (AvgIpc) is 2.95. The lowest BCUT2D eigenvalue weighted by atomic mass is 10.1. The van der Waals surface area contributed by atoms with Crippen molar-refractivity contribution in [3.8, 4) is 11.5 Å². The summed E-state index contributed by atoms with van der Waals surface area (Å²) in [5.74, 6) is 2.56. The summed E-state index contributed by atoms with van der Waals surface area (Å²) in [4.78, 5) is 6.96. The summed E-state index contributed by atoms with van der Waals surface area (Å²) < 4.78 is 10.9. The molecule has 3 aromatic rings. The van der Waals surface area contributed by atoms with E-state index in [9.17, 15) is 0 Å². The Hall–Kier alpha value is -3.25. The predicted molar refractivity (Wildman–Crippen MR) is 116 cm³/mol. The topological polar surface area (TPSA) is 58.7 Å². The highest BCUT2D eigenvalue weighted by Crippen LogP contribution is 2.28. The van der Waals surface area contributed by atoms with Crippen molar-refractivity contribution in [3.05, 3.63) is 71.9 Å². The van der Waals surface area contributed by atoms with Crippen LogP contribution in [0, 0.1) is 0 Å². The Morgan fingerprint density at radius 3 is 2.72 bits per heavy atom. The summed E-state index contributed by atoms with van der Waals surface area (Å²) in [5.41, 5.74) is 4.45. The minimum absolute atomic E-state index is 0.783. The molecule has 0 saturated carbocycles. The Bertz CT molecular complexity index is 962. The molecule has 0 unspecified atom stereocenters. The lowest BCUT2D eigenvalue weighted by Gasteiger charge is -2.22. The second-order valence-electron chi connectivity index (χ2n) is 7.03. The first-order valence-electron chi connectivity index (χ1n) is 9.73. The van der Waals surface area contributed by atoms with Gasteiger partial charge in [-0.3, -0.25) is 4.90 Å². The van der Waals surface area contributed by atoms with Gasteiger partial charge in [-0.25, -0.2) is 4.98 Å². The zero-order chi connectivity index (χ0) is 20.1. The van der Waals surface area contributed by atoms with Crippen LogP contribution in [0.5, 0.6) is 11.5 Å². The van der Waals surface area contributed by atoms with E-state index in [0.29, 0.717) is 0 Å². The molecule has 0 saturated heterocycles. The maximum atomic E-state index is 5.55. The number of pyridine rings is 1. The van der Waals surface area contributed by atoms with Gasteiger partial charge < -0.3 is 20.1 Å². The van der Waals surface area contributed by atoms with Crippen LogP contribution in [0.2, 0.25) is 0 Å². The Kier molecular flexibility index (Phi) is 5.81. The Morgan fingerprint density at radius 2 is 1.93 bits per heavy atom. The Morgan fingerprint density at radius 1 is 1.07 bits per heavy atom. The van der Waals surface area contributed by atoms with Gasteiger partial charge in [0.15, 0.2) is 0 Å². The fourth-order valence-electron chi connectivity index (χ4n) is 3.57. The number of nitrogens with one attached hydrogen (secondary N) is 2. The van der Waals surface area contributed by atoms with Gasteiger partial charge in [0.05, 0.1) is 26.1 Å². The average molecular weight is 390 g/mol. The molecule has 150 valence electrons. The number of aromatic nitrogens is 1. The van der Waals surface area contributed by atoms with E-state index in [1.165, 1.54) is 5.56 Å². The smallest absolute Gasteiger partial charge is 0.130 e. The van der Waals surface area contributed by atoms with Crippen LogP contribution >= 0.6 is 0 Å². The number of benzene rings is 2. The minimum atomic E-state index is 0.783. The summed E-state index contributed by atoms with van der Waals surface area (Å²) in [7, 11) is 3.39. The van der Waals surface area contributed by atoms with Gasteiger partial charge in [0, 0.05) is 37.4 Å². The monoisotopic (exact) mass is 390 g/mol. The predicted octanol–water partition coefficient (Wildman–Crippen LogP) is 4.27. The highest BCUT2D eigenvalue weighted by molar-refractivity contribution is 5.61. The van der Waals surface area contributed by atoms with Crippen molar-refractivity contribution >= 4 is 17.2 Å². The molecule has 1 aromatic heterocycles. The maximum Gasteiger partial charge on any atom is 0.130 e. The van der Waals surface area contributed by atoms with Gasteiger partial charge in [0.2, 0.25) is 0 Å². The van der Waals surface area contributed by atoms with Crippen LogP contribution in [0.1, 0.15) is 11.1 Å². The van der Waals surface area contributed by atoms with Gasteiger partial charge in [0.25, 0.3) is 0 Å². The lowest BCUT2D eigenvalue weighted by molar-refractivity contribution is 0.266. The van der Waals surface area contributed by atoms with Crippen LogP contribution in [0.4, 0.5) is 17.2 Å². The highest BCUT2D eigenvalue weighted by Gasteiger charge is 2.17. The van der Waals surface area contributed by atoms with Crippen LogP contribution in [0.3, 0.4) is 0 Å². The molecule has 4 rings (SSSR count). The third-order valence-electron chi connectivity index (χ3n) is 5.05. The van der Waals surface area contributed by atoms with Crippen molar-refractivity contribution < 1.29 is 9.47 Å². The molecule has 1 aliphatic rings. The van der Waals surface area contributed by atoms with E-state index < -0.39 is 0 Å². The van der Waals surface area contributed by atoms with Gasteiger partial charge >= 0.3 is 0 Å². The van der Waals surface area contributed by atoms with Crippen LogP contribution in [-0.2, 0) is 13.1 Å². The molecular weight excluding hydrogens is 364 g/mol. The molecule has 0 fully saturated rings. The minimum Gasteiger partial charge on any atom is -0.497 e. The Labute approximate surface area is 171 Å². The van der Waals surface area contributed by atoms with Crippen LogP contribution in [0.25, 0.3) is 0 Å². The summed E-state index contributed by atoms with van der Waals surface area (Å²) in [6.45, 7) is 3.41. The van der Waals surface area contributed by atoms with Crippen LogP contribution in [0.15, 0.2) is 60.8 Å². The number of ether oxygens (including phenoxy) is 2. The third kappa shape index (κ3) is 4.60. The second-order valence-corrected chi connectivity index (χ2v) is 7.03. The van der Waals surface area contributed by atoms with Crippen molar-refractivity contribution in [1.82, 2.24) is 9.88 Å². The van der Waals surface area contributed by atoms with Crippen molar-refractivity contribution in [2.75, 3.05) is 37.9 Å². The van der Waals surface area contributed by atoms with E-state index >= 15 is 0 Å². The third-order valence-corrected chi connectivity index (χ3v) is 5.05. The second kappa shape index (κ2) is 8.84. The molecule has 0 radical (unpaired) electrons. The SMILES string of the molecule is COc1ccc(OC)c(CN2CCNc3cnc(Nc4ccccc4)cc3C2)c1. The largest absolute Gasteiger partial charge is 0.497 e. The summed E-state index contributed by atoms with van der Waals surface area (Å²) >= 11 is 0. The van der Waals surface area contributed by atoms with Crippen molar-refractivity contribution in [3.63, 3.8) is 0 Å². The van der Waals surface area contributed by atoms with Crippen molar-refractivity contribution in [1.29, 1.82) is 0 Å². The van der Waals surface area contributed by atoms with Crippen molar-refractivity contribution in [2.45, 2.75) is 13.1 Å². The van der Waals surface area contributed by atoms with Gasteiger partial charge in [-0.1, -0.05) is 18.2 Å². The molecule has 0 amide bonds. The molecule has 29 heavy (non-hydrogen) atoms. The molecule has 6 nitrogen and oxygen atoms in total. The normalized spacial score (nSPS) is 13.7. The maximum absolute atomic E-state index is 5.55. The molecular formula is C23H26N4O2. The van der Waals surface area contributed by atoms with E-state index in [0.717, 1.165) is 60.4 Å². The summed E-state index contributed by atoms with van der Waals surface area (Å²) in [6.07, 6.45) is 1.91. The summed E-state index contributed by atoms with van der Waals surface area (Å²) in [5, 5.41) is 6.87. The number of methoxy groups -OCH3 is 2. The zero-order valence-corrected chi connectivity index (χ0v) is 16.8. The molecule has 2 N–H and O–H groups in total. The van der Waals surface area contributed by atoms with Crippen LogP contribution in [-0.4, -0.2) is 37.2 Å². The van der Waals surface area contributed by atoms with Gasteiger partial charge in [-0.15, -0.1) is 0 Å². The van der Waals surface area contributed by atoms with E-state index in [2.05, 4.69) is 26.6 Å². The summed E-state index contributed by atoms with van der Waals surface area (Å²) in [6, 6.07) is 18.2. The molecule has 1 aliphatic heterocycles. The quantitative estimate of drug-likeness (QED) is 0.656. The molecule has 0 aliphatic carbocycles. The van der Waals surface area contributed by atoms with Gasteiger partial charge in [-0.05, 0) is 42.0 Å². The van der Waals surface area contributed by atoms with E-state index in [1.807, 2.05) is 54.7 Å². The highest BCUT2D eigenvalue weighted by atomic mass is 16.5. The first kappa shape index (κ1) is 19.1. The van der Waals surface area contributed by atoms with E-state index in [-0.39, 0.29) is 0 Å². The molecule has 6 heteroatoms. The number of nitrogens with zero attached hydrogens (tertiary/aromatic N) is 2. The number of rotatable bonds is 6. The molecule has 2 heterocycles. The van der Waals surface area contributed by atoms with Gasteiger partial charge in [-0.2, -0.15) is 0 Å². The molecule has 0 spiro atoms. The molecule has 2 aromatic carbocycles. The fourth-order valence-corrected chi connectivity index (χ4v) is 3.57. The lowest BCUT2D eigenvalue weighted by Crippen LogP contribution is -2.25. The number of hydrogen-bond acceptors (Lipinski definition) is 6. The van der Waals surface area contributed by atoms with Crippen LogP contribution < -0.4 is 20.1 Å². The van der Waals surface area contributed by atoms with Crippen molar-refractivity contribution in [2.24, 2.45) is 0 Å². The Balaban J connectivity index is 1.54. The van der Waals surface area contributed by atoms with Gasteiger partial charge in [0.1, 0.15) is 17.3 Å². The van der Waals surface area contributed by atoms with E-state index in [1.54, 1.807) is 14.2 Å². The molecule has 0 bridgehead atoms. The first-order valence-corrected chi connectivity index (χ1v) is 9.73. The zero-order valence-electron chi connectivity index (χ0n) is 16.8. The molecule has 0 atom stereocenters. The first-order chi connectivity index (χ1) is 14.2. The standard InChI is InChI=1S/C23H26N4O2/c1-28-20-8-9-22(29-2)18(12-20)16-27-11-10-24-21-14-25-23(13-17(21)15-27)26-19-6-4-3-5-7-19/h3-9,12-14,24H,10-11,15-16H2,1-2H3,(H,25,26). The number of anilines is 3. The van der Waals surface area contributed by atoms with E-state index in [4.69, 9.17) is 9.47 Å². The number of fused-ring (bicyclic) bond motifs is 1.